The van der Waals surface area contributed by atoms with Crippen LogP contribution in [0.3, 0.4) is 0 Å². The third-order valence-corrected chi connectivity index (χ3v) is 7.80. The first-order chi connectivity index (χ1) is 21.4. The summed E-state index contributed by atoms with van der Waals surface area (Å²) in [6.07, 6.45) is -4.91. The number of hydrogen-bond acceptors (Lipinski definition) is 7. The standard InChI is InChI=1S/C32H35F3N4O6/c1-19-14-39(20(2)17-40)30(41)24-5-4-6-25(37-31(42)36-23-11-12-26-27(13-23)44-18-43-26)29(24)45-28(19)16-38(3)15-21-7-9-22(10-8-21)32(33,34)35/h4-13,19-20,28,40H,14-18H2,1-3H3,(H2,36,37,42)/t19-,20+,28+/m1/s1. The number of halogens is 3. The molecule has 0 aliphatic carbocycles. The van der Waals surface area contributed by atoms with E-state index in [1.165, 1.54) is 12.1 Å². The minimum absolute atomic E-state index is 0.0948. The van der Waals surface area contributed by atoms with Gasteiger partial charge in [-0.05, 0) is 55.9 Å². The van der Waals surface area contributed by atoms with E-state index < -0.39 is 29.9 Å². The Hall–Kier alpha value is -4.49. The summed E-state index contributed by atoms with van der Waals surface area (Å²) in [6.45, 7) is 4.52. The lowest BCUT2D eigenvalue weighted by molar-refractivity contribution is -0.137. The van der Waals surface area contributed by atoms with Gasteiger partial charge in [-0.25, -0.2) is 4.79 Å². The zero-order valence-corrected chi connectivity index (χ0v) is 25.1. The van der Waals surface area contributed by atoms with E-state index in [0.29, 0.717) is 42.4 Å². The van der Waals surface area contributed by atoms with Gasteiger partial charge in [0, 0.05) is 37.3 Å². The number of nitrogens with zero attached hydrogens (tertiary/aromatic N) is 2. The molecule has 0 bridgehead atoms. The van der Waals surface area contributed by atoms with Crippen molar-refractivity contribution in [3.05, 3.63) is 77.4 Å². The molecule has 0 radical (unpaired) electrons. The van der Waals surface area contributed by atoms with Gasteiger partial charge in [-0.1, -0.05) is 25.1 Å². The minimum atomic E-state index is -4.41. The quantitative estimate of drug-likeness (QED) is 0.305. The molecule has 3 amide bonds. The highest BCUT2D eigenvalue weighted by molar-refractivity contribution is 6.04. The number of urea groups is 1. The lowest BCUT2D eigenvalue weighted by Crippen LogP contribution is -2.49. The number of ether oxygens (including phenoxy) is 3. The van der Waals surface area contributed by atoms with Gasteiger partial charge in [-0.3, -0.25) is 9.69 Å². The summed E-state index contributed by atoms with van der Waals surface area (Å²) in [5, 5.41) is 15.5. The van der Waals surface area contributed by atoms with E-state index in [-0.39, 0.29) is 42.2 Å². The average molecular weight is 629 g/mol. The number of hydrogen-bond donors (Lipinski definition) is 3. The van der Waals surface area contributed by atoms with Gasteiger partial charge in [-0.15, -0.1) is 0 Å². The van der Waals surface area contributed by atoms with Crippen LogP contribution in [0.2, 0.25) is 0 Å². The molecule has 2 heterocycles. The third kappa shape index (κ3) is 7.43. The highest BCUT2D eigenvalue weighted by Gasteiger charge is 2.35. The van der Waals surface area contributed by atoms with Crippen LogP contribution >= 0.6 is 0 Å². The Morgan fingerprint density at radius 2 is 1.82 bits per heavy atom. The Morgan fingerprint density at radius 1 is 1.09 bits per heavy atom. The van der Waals surface area contributed by atoms with Crippen molar-refractivity contribution < 1.29 is 42.1 Å². The van der Waals surface area contributed by atoms with Crippen molar-refractivity contribution in [2.24, 2.45) is 5.92 Å². The van der Waals surface area contributed by atoms with E-state index >= 15 is 0 Å². The molecule has 0 fully saturated rings. The van der Waals surface area contributed by atoms with Crippen molar-refractivity contribution in [3.8, 4) is 17.2 Å². The molecule has 45 heavy (non-hydrogen) atoms. The molecule has 240 valence electrons. The molecule has 3 N–H and O–H groups in total. The average Bonchev–Trinajstić information content (AvgIpc) is 3.46. The summed E-state index contributed by atoms with van der Waals surface area (Å²) in [4.78, 5) is 30.3. The summed E-state index contributed by atoms with van der Waals surface area (Å²) in [5.74, 6) is 0.679. The number of likely N-dealkylation sites (N-methyl/N-ethyl adjacent to an activating group) is 1. The van der Waals surface area contributed by atoms with E-state index in [0.717, 1.165) is 12.1 Å². The van der Waals surface area contributed by atoms with Gasteiger partial charge in [0.1, 0.15) is 6.10 Å². The second kappa shape index (κ2) is 13.2. The van der Waals surface area contributed by atoms with Gasteiger partial charge in [0.05, 0.1) is 29.5 Å². The highest BCUT2D eigenvalue weighted by Crippen LogP contribution is 2.37. The lowest BCUT2D eigenvalue weighted by atomic mass is 9.98. The molecule has 3 atom stereocenters. The maximum absolute atomic E-state index is 13.7. The Labute approximate surface area is 258 Å². The number of aliphatic hydroxyl groups is 1. The molecular formula is C32H35F3N4O6. The van der Waals surface area contributed by atoms with Gasteiger partial charge in [0.25, 0.3) is 5.91 Å². The monoisotopic (exact) mass is 628 g/mol. The van der Waals surface area contributed by atoms with E-state index in [1.54, 1.807) is 48.2 Å². The zero-order chi connectivity index (χ0) is 32.3. The topological polar surface area (TPSA) is 113 Å². The van der Waals surface area contributed by atoms with Crippen LogP contribution in [-0.4, -0.2) is 72.5 Å². The molecule has 10 nitrogen and oxygen atoms in total. The van der Waals surface area contributed by atoms with Gasteiger partial charge in [-0.2, -0.15) is 13.2 Å². The third-order valence-electron chi connectivity index (χ3n) is 7.80. The maximum atomic E-state index is 13.7. The molecule has 3 aromatic rings. The smallest absolute Gasteiger partial charge is 0.416 e. The van der Waals surface area contributed by atoms with Gasteiger partial charge >= 0.3 is 12.2 Å². The number of para-hydroxylation sites is 1. The van der Waals surface area contributed by atoms with Gasteiger partial charge < -0.3 is 34.9 Å². The van der Waals surface area contributed by atoms with E-state index in [2.05, 4.69) is 10.6 Å². The van der Waals surface area contributed by atoms with Crippen LogP contribution in [0.1, 0.15) is 35.3 Å². The van der Waals surface area contributed by atoms with Crippen molar-refractivity contribution in [1.29, 1.82) is 0 Å². The number of benzene rings is 3. The molecule has 2 aliphatic heterocycles. The number of carbonyl (C=O) groups excluding carboxylic acids is 2. The second-order valence-corrected chi connectivity index (χ2v) is 11.3. The van der Waals surface area contributed by atoms with Crippen molar-refractivity contribution in [3.63, 3.8) is 0 Å². The predicted molar refractivity (Wildman–Crippen MR) is 161 cm³/mol. The molecule has 0 saturated carbocycles. The number of aliphatic hydroxyl groups excluding tert-OH is 1. The number of anilines is 2. The number of amides is 3. The number of nitrogens with one attached hydrogen (secondary N) is 2. The van der Waals surface area contributed by atoms with Crippen molar-refractivity contribution in [2.45, 2.75) is 38.7 Å². The molecular weight excluding hydrogens is 593 g/mol. The van der Waals surface area contributed by atoms with Crippen molar-refractivity contribution in [1.82, 2.24) is 9.80 Å². The Kier molecular flexibility index (Phi) is 9.40. The number of alkyl halides is 3. The first-order valence-electron chi connectivity index (χ1n) is 14.5. The molecule has 0 spiro atoms. The van der Waals surface area contributed by atoms with Crippen molar-refractivity contribution in [2.75, 3.05) is 44.2 Å². The number of rotatable bonds is 8. The molecule has 0 unspecified atom stereocenters. The second-order valence-electron chi connectivity index (χ2n) is 11.3. The summed E-state index contributed by atoms with van der Waals surface area (Å²) in [5.41, 5.74) is 0.927. The van der Waals surface area contributed by atoms with Crippen LogP contribution in [0.25, 0.3) is 0 Å². The molecule has 3 aromatic carbocycles. The molecule has 5 rings (SSSR count). The summed E-state index contributed by atoms with van der Waals surface area (Å²) < 4.78 is 56.3. The van der Waals surface area contributed by atoms with Crippen LogP contribution < -0.4 is 24.8 Å². The Bertz CT molecular complexity index is 1530. The van der Waals surface area contributed by atoms with Crippen LogP contribution in [0, 0.1) is 5.92 Å². The first-order valence-corrected chi connectivity index (χ1v) is 14.5. The Morgan fingerprint density at radius 3 is 2.53 bits per heavy atom. The number of carbonyl (C=O) groups is 2. The van der Waals surface area contributed by atoms with Gasteiger partial charge in [0.2, 0.25) is 6.79 Å². The number of fused-ring (bicyclic) bond motifs is 2. The molecule has 0 saturated heterocycles. The zero-order valence-electron chi connectivity index (χ0n) is 25.1. The highest BCUT2D eigenvalue weighted by atomic mass is 19.4. The molecule has 2 aliphatic rings. The SMILES string of the molecule is C[C@@H]1CN([C@@H](C)CO)C(=O)c2cccc(NC(=O)Nc3ccc4c(c3)OCO4)c2O[C@H]1CN(C)Cc1ccc(C(F)(F)F)cc1. The van der Waals surface area contributed by atoms with Crippen LogP contribution in [0.15, 0.2) is 60.7 Å². The summed E-state index contributed by atoms with van der Waals surface area (Å²) in [7, 11) is 1.83. The minimum Gasteiger partial charge on any atom is -0.486 e. The lowest BCUT2D eigenvalue weighted by Gasteiger charge is -2.38. The van der Waals surface area contributed by atoms with E-state index in [4.69, 9.17) is 14.2 Å². The largest absolute Gasteiger partial charge is 0.486 e. The predicted octanol–water partition coefficient (Wildman–Crippen LogP) is 5.43. The summed E-state index contributed by atoms with van der Waals surface area (Å²) in [6, 6.07) is 13.8. The maximum Gasteiger partial charge on any atom is 0.416 e. The van der Waals surface area contributed by atoms with Crippen molar-refractivity contribution >= 4 is 23.3 Å². The fraction of sp³-hybridized carbons (Fsp3) is 0.375. The first kappa shape index (κ1) is 31.9. The molecule has 0 aromatic heterocycles. The normalized spacial score (nSPS) is 18.5. The fourth-order valence-corrected chi connectivity index (χ4v) is 5.30. The fourth-order valence-electron chi connectivity index (χ4n) is 5.30. The molecule has 13 heteroatoms. The van der Waals surface area contributed by atoms with Crippen LogP contribution in [-0.2, 0) is 12.7 Å². The van der Waals surface area contributed by atoms with E-state index in [1.807, 2.05) is 18.9 Å². The van der Waals surface area contributed by atoms with E-state index in [9.17, 15) is 27.9 Å². The summed E-state index contributed by atoms with van der Waals surface area (Å²) >= 11 is 0. The van der Waals surface area contributed by atoms with Crippen LogP contribution in [0.4, 0.5) is 29.3 Å². The van der Waals surface area contributed by atoms with Crippen LogP contribution in [0.5, 0.6) is 17.2 Å². The van der Waals surface area contributed by atoms with Gasteiger partial charge in [0.15, 0.2) is 17.2 Å². The Balaban J connectivity index is 1.38.